The molecule has 0 fully saturated rings. The van der Waals surface area contributed by atoms with Gasteiger partial charge >= 0.3 is 0 Å². The minimum absolute atomic E-state index is 0.0121. The maximum Gasteiger partial charge on any atom is 0.263 e. The number of benzene rings is 8. The van der Waals surface area contributed by atoms with Crippen LogP contribution < -0.4 is 9.46 Å². The van der Waals surface area contributed by atoms with E-state index in [4.69, 9.17) is 4.74 Å². The number of rotatable bonds is 19. The van der Waals surface area contributed by atoms with Crippen LogP contribution in [0.5, 0.6) is 5.75 Å². The zero-order chi connectivity index (χ0) is 85.8. The van der Waals surface area contributed by atoms with E-state index in [0.717, 1.165) is 106 Å². The number of sulfone groups is 3. The Morgan fingerprint density at radius 2 is 0.767 bits per heavy atom. The molecular formula is C94H97N13O9S4. The molecule has 0 radical (unpaired) electrons. The van der Waals surface area contributed by atoms with Crippen LogP contribution in [0.25, 0.3) is 66.2 Å². The van der Waals surface area contributed by atoms with Crippen molar-refractivity contribution in [3.8, 4) is 28.5 Å². The Morgan fingerprint density at radius 3 is 1.21 bits per heavy atom. The van der Waals surface area contributed by atoms with E-state index in [9.17, 15) is 33.7 Å². The molecule has 22 nitrogen and oxygen atoms in total. The Hall–Kier alpha value is -12.4. The second kappa shape index (κ2) is 34.9. The van der Waals surface area contributed by atoms with Crippen molar-refractivity contribution in [1.82, 2.24) is 59.1 Å². The molecule has 8 aromatic carbocycles. The molecule has 0 bridgehead atoms. The van der Waals surface area contributed by atoms with Gasteiger partial charge in [-0.3, -0.25) is 24.7 Å². The predicted molar refractivity (Wildman–Crippen MR) is 476 cm³/mol. The van der Waals surface area contributed by atoms with Crippen molar-refractivity contribution >= 4 is 88.8 Å². The van der Waals surface area contributed by atoms with Crippen molar-refractivity contribution < 1.29 is 38.4 Å². The van der Waals surface area contributed by atoms with Crippen LogP contribution in [0.15, 0.2) is 281 Å². The first-order valence-corrected chi connectivity index (χ1v) is 45.7. The third-order valence-corrected chi connectivity index (χ3v) is 26.4. The van der Waals surface area contributed by atoms with Crippen LogP contribution in [0.4, 0.5) is 5.82 Å². The van der Waals surface area contributed by atoms with Crippen LogP contribution >= 0.6 is 0 Å². The van der Waals surface area contributed by atoms with Gasteiger partial charge in [0, 0.05) is 63.5 Å². The second-order valence-electron chi connectivity index (χ2n) is 32.3. The normalized spacial score (nSPS) is 12.1. The van der Waals surface area contributed by atoms with Crippen molar-refractivity contribution in [2.75, 3.05) is 4.72 Å². The van der Waals surface area contributed by atoms with Crippen LogP contribution in [0.1, 0.15) is 137 Å². The van der Waals surface area contributed by atoms with Crippen molar-refractivity contribution in [2.45, 2.75) is 164 Å². The number of sulfonamides is 1. The topological polar surface area (TPSA) is 281 Å². The molecule has 0 aliphatic heterocycles. The van der Waals surface area contributed by atoms with Crippen molar-refractivity contribution in [3.05, 3.63) is 324 Å². The van der Waals surface area contributed by atoms with Crippen LogP contribution in [-0.2, 0) is 67.6 Å². The summed E-state index contributed by atoms with van der Waals surface area (Å²) >= 11 is 0. The molecular weight excluding hydrogens is 1580 g/mol. The molecule has 16 aromatic rings. The van der Waals surface area contributed by atoms with Gasteiger partial charge in [-0.1, -0.05) is 122 Å². The monoisotopic (exact) mass is 1680 g/mol. The molecule has 0 unspecified atom stereocenters. The Kier molecular flexibility index (Phi) is 24.9. The second-order valence-corrected chi connectivity index (χ2v) is 40.0. The number of hydrogen-bond acceptors (Lipinski definition) is 17. The average Bonchev–Trinajstić information content (AvgIpc) is 1.50. The molecule has 0 spiro atoms. The van der Waals surface area contributed by atoms with Crippen LogP contribution in [0.3, 0.4) is 0 Å². The number of nitrogens with zero attached hydrogens (tertiary/aromatic N) is 12. The Balaban J connectivity index is 0.000000138. The van der Waals surface area contributed by atoms with E-state index in [1.165, 1.54) is 12.1 Å². The van der Waals surface area contributed by atoms with Crippen LogP contribution in [-0.4, -0.2) is 98.8 Å². The first-order valence-electron chi connectivity index (χ1n) is 39.3. The van der Waals surface area contributed by atoms with E-state index in [0.29, 0.717) is 54.9 Å². The fourth-order valence-corrected chi connectivity index (χ4v) is 19.0. The molecule has 616 valence electrons. The molecule has 8 aromatic heterocycles. The number of pyridine rings is 4. The zero-order valence-electron chi connectivity index (χ0n) is 69.8. The van der Waals surface area contributed by atoms with Gasteiger partial charge in [0.15, 0.2) is 29.5 Å². The number of aryl methyl sites for hydroxylation is 5. The maximum atomic E-state index is 13.2. The largest absolute Gasteiger partial charge is 0.491 e. The van der Waals surface area contributed by atoms with Gasteiger partial charge < -0.3 is 4.74 Å². The van der Waals surface area contributed by atoms with Crippen molar-refractivity contribution in [1.29, 1.82) is 0 Å². The van der Waals surface area contributed by atoms with Gasteiger partial charge in [0.05, 0.1) is 122 Å². The highest BCUT2D eigenvalue weighted by Gasteiger charge is 2.27. The van der Waals surface area contributed by atoms with Crippen LogP contribution in [0.2, 0.25) is 0 Å². The molecule has 16 rings (SSSR count). The Labute approximate surface area is 701 Å². The number of nitrogens with one attached hydrogen (secondary N) is 1. The Bertz CT molecular complexity index is 6890. The lowest BCUT2D eigenvalue weighted by Crippen LogP contribution is -2.16. The predicted octanol–water partition coefficient (Wildman–Crippen LogP) is 19.5. The first kappa shape index (κ1) is 85.5. The van der Waals surface area contributed by atoms with Crippen molar-refractivity contribution in [3.63, 3.8) is 0 Å². The smallest absolute Gasteiger partial charge is 0.263 e. The summed E-state index contributed by atoms with van der Waals surface area (Å²) in [5.74, 6) is 0.962. The van der Waals surface area contributed by atoms with Gasteiger partial charge in [-0.25, -0.2) is 52.4 Å². The third kappa shape index (κ3) is 19.8. The highest BCUT2D eigenvalue weighted by molar-refractivity contribution is 7.92. The molecule has 0 saturated heterocycles. The number of anilines is 1. The average molecular weight is 1680 g/mol. The van der Waals surface area contributed by atoms with E-state index in [2.05, 4.69) is 100 Å². The van der Waals surface area contributed by atoms with Gasteiger partial charge in [0.1, 0.15) is 11.6 Å². The lowest BCUT2D eigenvalue weighted by molar-refractivity contribution is 0.242. The summed E-state index contributed by atoms with van der Waals surface area (Å²) in [5, 5.41) is 23.0. The van der Waals surface area contributed by atoms with Gasteiger partial charge in [-0.2, -0.15) is 20.4 Å². The minimum atomic E-state index is -3.81. The minimum Gasteiger partial charge on any atom is -0.491 e. The van der Waals surface area contributed by atoms with E-state index >= 15 is 0 Å². The number of aromatic nitrogens is 12. The summed E-state index contributed by atoms with van der Waals surface area (Å²) in [6, 6.07) is 71.7. The van der Waals surface area contributed by atoms with Gasteiger partial charge in [0.25, 0.3) is 10.0 Å². The lowest BCUT2D eigenvalue weighted by Gasteiger charge is -2.19. The Morgan fingerprint density at radius 1 is 0.375 bits per heavy atom. The summed E-state index contributed by atoms with van der Waals surface area (Å²) in [6.07, 6.45) is 7.00. The summed E-state index contributed by atoms with van der Waals surface area (Å²) in [5.41, 5.74) is 14.8. The fraction of sp³-hybridized carbons (Fsp3) is 0.234. The highest BCUT2D eigenvalue weighted by atomic mass is 32.2. The molecule has 120 heavy (non-hydrogen) atoms. The molecule has 0 amide bonds. The summed E-state index contributed by atoms with van der Waals surface area (Å²) in [6.45, 7) is 30.0. The van der Waals surface area contributed by atoms with Gasteiger partial charge in [0.2, 0.25) is 0 Å². The molecule has 8 heterocycles. The third-order valence-electron chi connectivity index (χ3n) is 20.0. The van der Waals surface area contributed by atoms with E-state index < -0.39 is 39.5 Å². The standard InChI is InChI=1S/C25H27N3O2S.C24H25N3O2S.C23H23N3O2S.C22H22N4O3S/c1-17-9-14-22-23(26-17)7-6-8-24(22)28-20(15-18(2)27-28)16-31(29,30)21-12-10-19(11-13-21)25(3,4)5;1-17-14-20(16-30(28,29)21-10-8-19(9-11-21)24(2,3)4)27(26-17)23-7-5-6-18-15-25-13-12-22(18)23;1-16(2)18-9-11-20(12-10-18)29(27,28)15-19-14-17(3)25-26(19)23-8-4-7-22-21(23)6-5-13-24-22;1-15(2)29-17-9-11-18(12-10-17)30(27,28)25-22-14-16(3)24-26(22)21-8-4-7-20-19(21)6-5-13-23-20/h6-15H,16H2,1-5H3;5-15H,16H2,1-4H3;4-14,16H,15H2,1-3H3;4-15,25H,1-3H3. The van der Waals surface area contributed by atoms with E-state index in [1.807, 2.05) is 218 Å². The van der Waals surface area contributed by atoms with Crippen molar-refractivity contribution in [2.24, 2.45) is 0 Å². The zero-order valence-corrected chi connectivity index (χ0v) is 73.0. The first-order chi connectivity index (χ1) is 56.9. The summed E-state index contributed by atoms with van der Waals surface area (Å²) in [4.78, 5) is 18.6. The number of hydrogen-bond donors (Lipinski definition) is 1. The molecule has 1 N–H and O–H groups in total. The SMILES string of the molecule is Cc1cc(CS(=O)(=O)c2ccc(C(C)(C)C)cc2)n(-c2cccc3cnccc23)n1.Cc1cc(CS(=O)(=O)c2ccc(C(C)C)cc2)n(-c2cccc3ncccc23)n1.Cc1cc(NS(=O)(=O)c2ccc(OC(C)C)cc2)n(-c2cccc3ncccc23)n1.Cc1ccc2c(-n3nc(C)cc3CS(=O)(=O)c3ccc(C(C)(C)C)cc3)cccc2n1. The molecule has 0 atom stereocenters. The van der Waals surface area contributed by atoms with Crippen LogP contribution in [0, 0.1) is 34.6 Å². The number of fused-ring (bicyclic) bond motifs is 4. The lowest BCUT2D eigenvalue weighted by atomic mass is 9.87. The maximum absolute atomic E-state index is 13.2. The molecule has 26 heteroatoms. The highest BCUT2D eigenvalue weighted by Crippen LogP contribution is 2.34. The van der Waals surface area contributed by atoms with E-state index in [-0.39, 0.29) is 39.1 Å². The molecule has 0 saturated carbocycles. The fourth-order valence-electron chi connectivity index (χ4n) is 14.0. The summed E-state index contributed by atoms with van der Waals surface area (Å²) < 4.78 is 120. The van der Waals surface area contributed by atoms with Gasteiger partial charge in [-0.15, -0.1) is 0 Å². The number of ether oxygens (including phenoxy) is 1. The van der Waals surface area contributed by atoms with Gasteiger partial charge in [-0.05, 0) is 246 Å². The molecule has 0 aliphatic rings. The molecule has 0 aliphatic carbocycles. The van der Waals surface area contributed by atoms with E-state index in [1.54, 1.807) is 98.1 Å². The quantitative estimate of drug-likeness (QED) is 0.0787. The summed E-state index contributed by atoms with van der Waals surface area (Å²) in [7, 11) is -14.4.